The van der Waals surface area contributed by atoms with E-state index >= 15 is 0 Å². The molecule has 0 bridgehead atoms. The summed E-state index contributed by atoms with van der Waals surface area (Å²) in [6, 6.07) is -4.63. The Hall–Kier alpha value is -3.13. The van der Waals surface area contributed by atoms with Gasteiger partial charge in [-0.05, 0) is 12.3 Å². The number of nitrogens with two attached hydrogens (primary N) is 1. The first-order valence-corrected chi connectivity index (χ1v) is 11.3. The Morgan fingerprint density at radius 1 is 1.09 bits per heavy atom. The third-order valence-electron chi connectivity index (χ3n) is 5.20. The van der Waals surface area contributed by atoms with Gasteiger partial charge in [0, 0.05) is 30.5 Å². The smallest absolute Gasteiger partial charge is 0.326 e. The van der Waals surface area contributed by atoms with Crippen LogP contribution in [0.3, 0.4) is 0 Å². The van der Waals surface area contributed by atoms with Crippen molar-refractivity contribution in [3.05, 3.63) is 18.2 Å². The van der Waals surface area contributed by atoms with Crippen LogP contribution >= 0.6 is 12.6 Å². The largest absolute Gasteiger partial charge is 0.481 e. The van der Waals surface area contributed by atoms with E-state index in [9.17, 15) is 29.1 Å². The SMILES string of the molecule is CCC(C)C(NC(=O)C(CS)NC(=O)C(N)Cc1cnc[nH]1)C(=O)NC(CCC(=O)O)C(=O)O. The molecule has 0 aliphatic heterocycles. The number of thiol groups is 1. The molecule has 34 heavy (non-hydrogen) atoms. The Morgan fingerprint density at radius 3 is 2.24 bits per heavy atom. The number of nitrogens with one attached hydrogen (secondary N) is 4. The second-order valence-corrected chi connectivity index (χ2v) is 8.20. The van der Waals surface area contributed by atoms with Gasteiger partial charge in [-0.3, -0.25) is 19.2 Å². The molecule has 1 heterocycles. The highest BCUT2D eigenvalue weighted by Crippen LogP contribution is 2.10. The highest BCUT2D eigenvalue weighted by Gasteiger charge is 2.32. The maximum Gasteiger partial charge on any atom is 0.326 e. The van der Waals surface area contributed by atoms with Gasteiger partial charge in [0.2, 0.25) is 17.7 Å². The van der Waals surface area contributed by atoms with E-state index in [1.165, 1.54) is 12.5 Å². The number of amides is 3. The summed E-state index contributed by atoms with van der Waals surface area (Å²) in [6.07, 6.45) is 2.83. The highest BCUT2D eigenvalue weighted by atomic mass is 32.1. The van der Waals surface area contributed by atoms with Crippen LogP contribution in [-0.4, -0.2) is 79.8 Å². The molecule has 1 rings (SSSR count). The molecule has 0 saturated heterocycles. The number of carbonyl (C=O) groups excluding carboxylic acids is 3. The Labute approximate surface area is 202 Å². The average molecular weight is 501 g/mol. The van der Waals surface area contributed by atoms with E-state index in [-0.39, 0.29) is 18.6 Å². The normalized spacial score (nSPS) is 15.3. The standard InChI is InChI=1S/C20H32N6O7S/c1-3-10(2)16(19(31)24-13(20(32)33)4-5-15(27)28)26-18(30)14(8-34)25-17(29)12(21)6-11-7-22-9-23-11/h7,9-10,12-14,16,34H,3-6,8,21H2,1-2H3,(H,22,23)(H,24,31)(H,25,29)(H,26,30)(H,27,28)(H,32,33). The lowest BCUT2D eigenvalue weighted by molar-refractivity contribution is -0.143. The monoisotopic (exact) mass is 500 g/mol. The topological polar surface area (TPSA) is 217 Å². The maximum absolute atomic E-state index is 12.8. The van der Waals surface area contributed by atoms with Crippen molar-refractivity contribution in [2.75, 3.05) is 5.75 Å². The molecule has 190 valence electrons. The molecule has 0 saturated carbocycles. The minimum absolute atomic E-state index is 0.0838. The molecule has 1 aromatic rings. The van der Waals surface area contributed by atoms with Crippen molar-refractivity contribution >= 4 is 42.3 Å². The Morgan fingerprint density at radius 2 is 1.74 bits per heavy atom. The number of aliphatic carboxylic acids is 2. The summed E-state index contributed by atoms with van der Waals surface area (Å²) in [4.78, 5) is 66.9. The van der Waals surface area contributed by atoms with E-state index in [1.807, 2.05) is 0 Å². The predicted molar refractivity (Wildman–Crippen MR) is 124 cm³/mol. The molecule has 0 spiro atoms. The number of rotatable bonds is 15. The predicted octanol–water partition coefficient (Wildman–Crippen LogP) is -1.34. The lowest BCUT2D eigenvalue weighted by Crippen LogP contribution is -2.59. The van der Waals surface area contributed by atoms with Gasteiger partial charge in [0.15, 0.2) is 0 Å². The molecule has 5 atom stereocenters. The van der Waals surface area contributed by atoms with Gasteiger partial charge in [-0.15, -0.1) is 0 Å². The van der Waals surface area contributed by atoms with Crippen molar-refractivity contribution in [1.29, 1.82) is 0 Å². The number of carboxylic acid groups (broad SMARTS) is 2. The molecular weight excluding hydrogens is 468 g/mol. The zero-order chi connectivity index (χ0) is 25.8. The number of hydrogen-bond donors (Lipinski definition) is 8. The number of carboxylic acids is 2. The van der Waals surface area contributed by atoms with Crippen molar-refractivity contribution in [1.82, 2.24) is 25.9 Å². The van der Waals surface area contributed by atoms with E-state index in [1.54, 1.807) is 13.8 Å². The van der Waals surface area contributed by atoms with E-state index in [2.05, 4.69) is 38.5 Å². The number of hydrogen-bond acceptors (Lipinski definition) is 8. The number of carbonyl (C=O) groups is 5. The summed E-state index contributed by atoms with van der Waals surface area (Å²) in [5.74, 6) is -5.15. The van der Waals surface area contributed by atoms with Crippen LogP contribution in [0.2, 0.25) is 0 Å². The van der Waals surface area contributed by atoms with Gasteiger partial charge in [0.05, 0.1) is 12.4 Å². The second kappa shape index (κ2) is 14.2. The third-order valence-corrected chi connectivity index (χ3v) is 5.57. The van der Waals surface area contributed by atoms with E-state index < -0.39 is 66.2 Å². The second-order valence-electron chi connectivity index (χ2n) is 7.83. The van der Waals surface area contributed by atoms with Crippen LogP contribution in [0.25, 0.3) is 0 Å². The fraction of sp³-hybridized carbons (Fsp3) is 0.600. The summed E-state index contributed by atoms with van der Waals surface area (Å²) < 4.78 is 0. The number of aromatic nitrogens is 2. The van der Waals surface area contributed by atoms with E-state index in [0.717, 1.165) is 0 Å². The minimum atomic E-state index is -1.44. The van der Waals surface area contributed by atoms with Gasteiger partial charge in [-0.2, -0.15) is 12.6 Å². The highest BCUT2D eigenvalue weighted by molar-refractivity contribution is 7.80. The number of H-pyrrole nitrogens is 1. The van der Waals surface area contributed by atoms with Crippen LogP contribution in [0, 0.1) is 5.92 Å². The van der Waals surface area contributed by atoms with Crippen molar-refractivity contribution in [3.8, 4) is 0 Å². The van der Waals surface area contributed by atoms with Gasteiger partial charge in [-0.1, -0.05) is 20.3 Å². The molecule has 1 aromatic heterocycles. The quantitative estimate of drug-likeness (QED) is 0.133. The lowest BCUT2D eigenvalue weighted by Gasteiger charge is -2.27. The van der Waals surface area contributed by atoms with Crippen LogP contribution in [-0.2, 0) is 30.4 Å². The zero-order valence-corrected chi connectivity index (χ0v) is 19.9. The minimum Gasteiger partial charge on any atom is -0.481 e. The Kier molecular flexibility index (Phi) is 12.1. The molecule has 0 fully saturated rings. The maximum atomic E-state index is 12.8. The van der Waals surface area contributed by atoms with Crippen LogP contribution < -0.4 is 21.7 Å². The molecule has 0 aliphatic rings. The van der Waals surface area contributed by atoms with Crippen LogP contribution in [0.5, 0.6) is 0 Å². The van der Waals surface area contributed by atoms with Gasteiger partial charge in [-0.25, -0.2) is 9.78 Å². The molecule has 13 nitrogen and oxygen atoms in total. The number of nitrogens with zero attached hydrogens (tertiary/aromatic N) is 1. The number of imidazole rings is 1. The summed E-state index contributed by atoms with van der Waals surface area (Å²) >= 11 is 4.10. The van der Waals surface area contributed by atoms with E-state index in [0.29, 0.717) is 12.1 Å². The van der Waals surface area contributed by atoms with Crippen molar-refractivity contribution in [2.24, 2.45) is 11.7 Å². The molecule has 5 unspecified atom stereocenters. The third kappa shape index (κ3) is 9.39. The molecule has 8 N–H and O–H groups in total. The summed E-state index contributed by atoms with van der Waals surface area (Å²) in [5.41, 5.74) is 6.52. The van der Waals surface area contributed by atoms with Gasteiger partial charge in [0.25, 0.3) is 0 Å². The lowest BCUT2D eigenvalue weighted by atomic mass is 9.97. The van der Waals surface area contributed by atoms with Crippen molar-refractivity contribution < 1.29 is 34.2 Å². The van der Waals surface area contributed by atoms with Gasteiger partial charge < -0.3 is 36.9 Å². The van der Waals surface area contributed by atoms with Gasteiger partial charge in [0.1, 0.15) is 18.1 Å². The average Bonchev–Trinajstić information content (AvgIpc) is 3.29. The van der Waals surface area contributed by atoms with Crippen molar-refractivity contribution in [2.45, 2.75) is 63.7 Å². The summed E-state index contributed by atoms with van der Waals surface area (Å²) in [6.45, 7) is 3.47. The first-order valence-electron chi connectivity index (χ1n) is 10.7. The van der Waals surface area contributed by atoms with Crippen LogP contribution in [0.1, 0.15) is 38.8 Å². The molecule has 3 amide bonds. The van der Waals surface area contributed by atoms with Gasteiger partial charge >= 0.3 is 11.9 Å². The fourth-order valence-corrected chi connectivity index (χ4v) is 3.20. The first kappa shape index (κ1) is 28.9. The molecule has 0 radical (unpaired) electrons. The molecular formula is C20H32N6O7S. The molecule has 0 aliphatic carbocycles. The van der Waals surface area contributed by atoms with E-state index in [4.69, 9.17) is 10.8 Å². The number of aromatic amines is 1. The molecule has 14 heteroatoms. The molecule has 0 aromatic carbocycles. The fourth-order valence-electron chi connectivity index (χ4n) is 2.94. The van der Waals surface area contributed by atoms with Crippen LogP contribution in [0.15, 0.2) is 12.5 Å². The van der Waals surface area contributed by atoms with Crippen LogP contribution in [0.4, 0.5) is 0 Å². The summed E-state index contributed by atoms with van der Waals surface area (Å²) in [5, 5.41) is 25.4. The van der Waals surface area contributed by atoms with Crippen molar-refractivity contribution in [3.63, 3.8) is 0 Å². The Bertz CT molecular complexity index is 850. The first-order chi connectivity index (χ1) is 16.0. The Balaban J connectivity index is 2.84. The summed E-state index contributed by atoms with van der Waals surface area (Å²) in [7, 11) is 0. The zero-order valence-electron chi connectivity index (χ0n) is 19.0.